The first-order valence-corrected chi connectivity index (χ1v) is 7.12. The van der Waals surface area contributed by atoms with Crippen LogP contribution in [-0.2, 0) is 16.2 Å². The van der Waals surface area contributed by atoms with Crippen molar-refractivity contribution in [2.24, 2.45) is 11.1 Å². The van der Waals surface area contributed by atoms with Crippen LogP contribution in [0.5, 0.6) is 0 Å². The van der Waals surface area contributed by atoms with Gasteiger partial charge in [-0.25, -0.2) is 9.97 Å². The Hall–Kier alpha value is -2.76. The number of amides is 1. The summed E-state index contributed by atoms with van der Waals surface area (Å²) in [5.74, 6) is 0.117. The minimum absolute atomic E-state index is 0.0433. The zero-order valence-corrected chi connectivity index (χ0v) is 12.0. The summed E-state index contributed by atoms with van der Waals surface area (Å²) in [6.45, 7) is 0.988. The second-order valence-electron chi connectivity index (χ2n) is 4.95. The molecule has 0 radical (unpaired) electrons. The number of benzene rings is 1. The van der Waals surface area contributed by atoms with Gasteiger partial charge in [-0.05, 0) is 18.1 Å². The zero-order chi connectivity index (χ0) is 15.2. The molecule has 0 bridgehead atoms. The van der Waals surface area contributed by atoms with E-state index in [-0.39, 0.29) is 11.8 Å². The first-order valence-electron chi connectivity index (χ1n) is 7.12. The number of oxime groups is 1. The van der Waals surface area contributed by atoms with Crippen LogP contribution < -0.4 is 4.90 Å². The molecule has 0 aliphatic carbocycles. The van der Waals surface area contributed by atoms with E-state index in [0.717, 1.165) is 5.56 Å². The van der Waals surface area contributed by atoms with Crippen molar-refractivity contribution in [2.45, 2.75) is 13.0 Å². The Balaban J connectivity index is 1.53. The number of hydrogen-bond acceptors (Lipinski definition) is 5. The van der Waals surface area contributed by atoms with E-state index in [1.54, 1.807) is 29.6 Å². The van der Waals surface area contributed by atoms with E-state index in [2.05, 4.69) is 15.1 Å². The van der Waals surface area contributed by atoms with Crippen molar-refractivity contribution in [2.75, 3.05) is 11.4 Å². The van der Waals surface area contributed by atoms with Crippen molar-refractivity contribution in [1.82, 2.24) is 9.97 Å². The second kappa shape index (κ2) is 6.80. The Kier molecular flexibility index (Phi) is 4.38. The Bertz CT molecular complexity index is 646. The number of aromatic nitrogens is 2. The Morgan fingerprint density at radius 3 is 2.77 bits per heavy atom. The molecule has 22 heavy (non-hydrogen) atoms. The van der Waals surface area contributed by atoms with Crippen LogP contribution in [-0.4, -0.2) is 28.6 Å². The zero-order valence-electron chi connectivity index (χ0n) is 12.0. The highest BCUT2D eigenvalue weighted by molar-refractivity contribution is 6.04. The highest BCUT2D eigenvalue weighted by atomic mass is 16.6. The monoisotopic (exact) mass is 296 g/mol. The third-order valence-electron chi connectivity index (χ3n) is 3.43. The maximum absolute atomic E-state index is 12.3. The molecule has 1 amide bonds. The first-order chi connectivity index (χ1) is 10.8. The smallest absolute Gasteiger partial charge is 0.238 e. The highest BCUT2D eigenvalue weighted by Crippen LogP contribution is 2.20. The van der Waals surface area contributed by atoms with Gasteiger partial charge in [0, 0.05) is 18.9 Å². The van der Waals surface area contributed by atoms with E-state index in [1.807, 2.05) is 30.3 Å². The van der Waals surface area contributed by atoms with E-state index < -0.39 is 0 Å². The molecule has 1 aromatic carbocycles. The highest BCUT2D eigenvalue weighted by Gasteiger charge is 2.32. The molecule has 0 spiro atoms. The fraction of sp³-hybridized carbons (Fsp3) is 0.250. The first kappa shape index (κ1) is 14.2. The lowest BCUT2D eigenvalue weighted by Gasteiger charge is -2.12. The van der Waals surface area contributed by atoms with E-state index in [0.29, 0.717) is 25.5 Å². The number of nitrogens with zero attached hydrogens (tertiary/aromatic N) is 4. The molecular weight excluding hydrogens is 280 g/mol. The summed E-state index contributed by atoms with van der Waals surface area (Å²) in [5.41, 5.74) is 1.04. The van der Waals surface area contributed by atoms with Gasteiger partial charge in [0.1, 0.15) is 6.61 Å². The lowest BCUT2D eigenvalue weighted by Crippen LogP contribution is -2.29. The van der Waals surface area contributed by atoms with Crippen LogP contribution in [0.4, 0.5) is 5.95 Å². The van der Waals surface area contributed by atoms with E-state index >= 15 is 0 Å². The third-order valence-corrected chi connectivity index (χ3v) is 3.43. The van der Waals surface area contributed by atoms with E-state index in [1.165, 1.54) is 0 Å². The van der Waals surface area contributed by atoms with Crippen LogP contribution in [0.25, 0.3) is 0 Å². The fourth-order valence-corrected chi connectivity index (χ4v) is 2.27. The number of anilines is 1. The molecule has 2 heterocycles. The summed E-state index contributed by atoms with van der Waals surface area (Å²) in [6, 6.07) is 11.5. The van der Waals surface area contributed by atoms with Gasteiger partial charge in [-0.15, -0.1) is 0 Å². The van der Waals surface area contributed by atoms with Gasteiger partial charge in [0.05, 0.1) is 12.1 Å². The SMILES string of the molecule is O=C1[C@@H](/C=N\OCc2ccccc2)CCN1c1ncccn1. The normalized spacial score (nSPS) is 18.1. The summed E-state index contributed by atoms with van der Waals surface area (Å²) in [4.78, 5) is 27.3. The molecule has 1 aliphatic heterocycles. The lowest BCUT2D eigenvalue weighted by molar-refractivity contribution is -0.118. The summed E-state index contributed by atoms with van der Waals surface area (Å²) in [6.07, 6.45) is 5.50. The summed E-state index contributed by atoms with van der Waals surface area (Å²) in [5, 5.41) is 3.91. The molecule has 1 aromatic heterocycles. The summed E-state index contributed by atoms with van der Waals surface area (Å²) in [7, 11) is 0. The van der Waals surface area contributed by atoms with Crippen molar-refractivity contribution >= 4 is 18.1 Å². The quantitative estimate of drug-likeness (QED) is 0.625. The van der Waals surface area contributed by atoms with Crippen molar-refractivity contribution < 1.29 is 9.63 Å². The number of rotatable bonds is 5. The predicted molar refractivity (Wildman–Crippen MR) is 82.2 cm³/mol. The van der Waals surface area contributed by atoms with Crippen molar-refractivity contribution in [3.05, 3.63) is 54.4 Å². The largest absolute Gasteiger partial charge is 0.391 e. The number of hydrogen-bond donors (Lipinski definition) is 0. The van der Waals surface area contributed by atoms with Crippen LogP contribution in [0.2, 0.25) is 0 Å². The second-order valence-corrected chi connectivity index (χ2v) is 4.95. The van der Waals surface area contributed by atoms with Crippen molar-refractivity contribution in [3.8, 4) is 0 Å². The maximum atomic E-state index is 12.3. The van der Waals surface area contributed by atoms with Gasteiger partial charge in [-0.3, -0.25) is 9.69 Å². The Morgan fingerprint density at radius 2 is 2.00 bits per heavy atom. The van der Waals surface area contributed by atoms with Gasteiger partial charge in [-0.2, -0.15) is 0 Å². The molecule has 112 valence electrons. The molecule has 3 rings (SSSR count). The molecule has 0 N–H and O–H groups in total. The van der Waals surface area contributed by atoms with Gasteiger partial charge in [0.2, 0.25) is 11.9 Å². The van der Waals surface area contributed by atoms with Crippen molar-refractivity contribution in [3.63, 3.8) is 0 Å². The van der Waals surface area contributed by atoms with Crippen molar-refractivity contribution in [1.29, 1.82) is 0 Å². The summed E-state index contributed by atoms with van der Waals surface area (Å²) >= 11 is 0. The van der Waals surface area contributed by atoms with Crippen LogP contribution in [0.15, 0.2) is 53.9 Å². The molecule has 6 nitrogen and oxygen atoms in total. The maximum Gasteiger partial charge on any atom is 0.238 e. The molecule has 0 unspecified atom stereocenters. The molecular formula is C16H16N4O2. The van der Waals surface area contributed by atoms with E-state index in [4.69, 9.17) is 4.84 Å². The third kappa shape index (κ3) is 3.28. The fourth-order valence-electron chi connectivity index (χ4n) is 2.27. The number of carbonyl (C=O) groups excluding carboxylic acids is 1. The van der Waals surface area contributed by atoms with Crippen LogP contribution in [0.1, 0.15) is 12.0 Å². The average Bonchev–Trinajstić information content (AvgIpc) is 2.94. The molecule has 1 saturated heterocycles. The van der Waals surface area contributed by atoms with Gasteiger partial charge in [0.25, 0.3) is 0 Å². The molecule has 1 aliphatic rings. The summed E-state index contributed by atoms with van der Waals surface area (Å²) < 4.78 is 0. The van der Waals surface area contributed by atoms with E-state index in [9.17, 15) is 4.79 Å². The predicted octanol–water partition coefficient (Wildman–Crippen LogP) is 2.03. The van der Waals surface area contributed by atoms with Gasteiger partial charge < -0.3 is 4.84 Å². The average molecular weight is 296 g/mol. The molecule has 6 heteroatoms. The minimum atomic E-state index is -0.278. The van der Waals surface area contributed by atoms with Crippen LogP contribution >= 0.6 is 0 Å². The van der Waals surface area contributed by atoms with Crippen LogP contribution in [0.3, 0.4) is 0 Å². The van der Waals surface area contributed by atoms with Gasteiger partial charge in [0.15, 0.2) is 0 Å². The standard InChI is InChI=1S/C16H16N4O2/c21-15-14(7-10-20(15)16-17-8-4-9-18-16)11-19-22-12-13-5-2-1-3-6-13/h1-6,8-9,11,14H,7,10,12H2/b19-11-/t14-/m1/s1. The van der Waals surface area contributed by atoms with Gasteiger partial charge in [-0.1, -0.05) is 35.5 Å². The molecule has 0 saturated carbocycles. The van der Waals surface area contributed by atoms with Crippen LogP contribution in [0, 0.1) is 5.92 Å². The molecule has 1 atom stereocenters. The molecule has 2 aromatic rings. The topological polar surface area (TPSA) is 67.7 Å². The Morgan fingerprint density at radius 1 is 1.23 bits per heavy atom. The Labute approximate surface area is 128 Å². The molecule has 1 fully saturated rings. The number of carbonyl (C=O) groups is 1. The van der Waals surface area contributed by atoms with Gasteiger partial charge >= 0.3 is 0 Å². The minimum Gasteiger partial charge on any atom is -0.391 e. The lowest BCUT2D eigenvalue weighted by atomic mass is 10.1.